The van der Waals surface area contributed by atoms with Gasteiger partial charge in [-0.2, -0.15) is 13.2 Å². The molecule has 0 saturated carbocycles. The van der Waals surface area contributed by atoms with E-state index in [0.717, 1.165) is 19.1 Å². The summed E-state index contributed by atoms with van der Waals surface area (Å²) in [6, 6.07) is 4.93. The van der Waals surface area contributed by atoms with Gasteiger partial charge in [-0.3, -0.25) is 4.79 Å². The molecule has 0 N–H and O–H groups in total. The molecule has 154 valence electrons. The fraction of sp³-hybridized carbons (Fsp3) is 0.579. The average Bonchev–Trinajstić information content (AvgIpc) is 3.03. The Kier molecular flexibility index (Phi) is 5.38. The molecule has 1 spiro atoms. The predicted octanol–water partition coefficient (Wildman–Crippen LogP) is 4.63. The molecule has 0 aromatic heterocycles. The number of carbonyl (C=O) groups excluding carboxylic acids is 1. The van der Waals surface area contributed by atoms with Crippen LogP contribution in [0.2, 0.25) is 0 Å². The van der Waals surface area contributed by atoms with Crippen LogP contribution in [0, 0.1) is 0 Å². The number of benzene rings is 1. The highest BCUT2D eigenvalue weighted by Gasteiger charge is 2.43. The van der Waals surface area contributed by atoms with Crippen molar-refractivity contribution >= 4 is 11.6 Å². The predicted molar refractivity (Wildman–Crippen MR) is 92.1 cm³/mol. The summed E-state index contributed by atoms with van der Waals surface area (Å²) in [6.07, 6.45) is -3.89. The summed E-state index contributed by atoms with van der Waals surface area (Å²) in [5.74, 6) is -3.21. The van der Waals surface area contributed by atoms with Crippen molar-refractivity contribution in [3.05, 3.63) is 35.4 Å². The van der Waals surface area contributed by atoms with Crippen LogP contribution in [0.5, 0.6) is 0 Å². The van der Waals surface area contributed by atoms with Crippen molar-refractivity contribution in [3.8, 4) is 0 Å². The first-order chi connectivity index (χ1) is 13.0. The van der Waals surface area contributed by atoms with E-state index in [0.29, 0.717) is 43.6 Å². The lowest BCUT2D eigenvalue weighted by Gasteiger charge is -2.37. The molecular weight excluding hydrogens is 383 g/mol. The van der Waals surface area contributed by atoms with Gasteiger partial charge in [-0.25, -0.2) is 8.78 Å². The number of hydrogen-bond acceptors (Lipinski definition) is 3. The Hall–Kier alpha value is -2.19. The second-order valence-corrected chi connectivity index (χ2v) is 7.52. The minimum Gasteiger partial charge on any atom is -0.388 e. The first kappa shape index (κ1) is 20.5. The van der Waals surface area contributed by atoms with Gasteiger partial charge in [0, 0.05) is 50.8 Å². The number of halogens is 5. The number of piperidine rings is 1. The number of nitrogens with zero attached hydrogens (tertiary/aromatic N) is 2. The summed E-state index contributed by atoms with van der Waals surface area (Å²) in [7, 11) is 0. The maximum Gasteiger partial charge on any atom is 0.416 e. The van der Waals surface area contributed by atoms with Crippen LogP contribution in [0.15, 0.2) is 29.4 Å². The monoisotopic (exact) mass is 404 g/mol. The van der Waals surface area contributed by atoms with Crippen LogP contribution in [-0.4, -0.2) is 41.1 Å². The quantitative estimate of drug-likeness (QED) is 0.687. The highest BCUT2D eigenvalue weighted by molar-refractivity contribution is 6.01. The van der Waals surface area contributed by atoms with E-state index in [4.69, 9.17) is 4.84 Å². The van der Waals surface area contributed by atoms with Gasteiger partial charge in [0.2, 0.25) is 11.8 Å². The van der Waals surface area contributed by atoms with Crippen LogP contribution in [0.3, 0.4) is 0 Å². The van der Waals surface area contributed by atoms with Crippen molar-refractivity contribution in [1.82, 2.24) is 4.90 Å². The van der Waals surface area contributed by atoms with Crippen LogP contribution in [0.4, 0.5) is 22.0 Å². The minimum atomic E-state index is -4.44. The van der Waals surface area contributed by atoms with Gasteiger partial charge in [0.25, 0.3) is 0 Å². The smallest absolute Gasteiger partial charge is 0.388 e. The summed E-state index contributed by atoms with van der Waals surface area (Å²) in [6.45, 7) is 1.48. The van der Waals surface area contributed by atoms with E-state index in [-0.39, 0.29) is 12.3 Å². The topological polar surface area (TPSA) is 41.9 Å². The molecule has 0 atom stereocenters. The second-order valence-electron chi connectivity index (χ2n) is 7.52. The van der Waals surface area contributed by atoms with Crippen molar-refractivity contribution in [2.75, 3.05) is 13.1 Å². The molecule has 1 saturated heterocycles. The molecule has 2 aliphatic heterocycles. The maximum absolute atomic E-state index is 12.9. The Morgan fingerprint density at radius 2 is 1.89 bits per heavy atom. The zero-order valence-electron chi connectivity index (χ0n) is 15.4. The molecule has 3 rings (SSSR count). The summed E-state index contributed by atoms with van der Waals surface area (Å²) >= 11 is 0. The normalized spacial score (nSPS) is 19.5. The molecule has 0 unspecified atom stereocenters. The molecule has 9 heteroatoms. The fourth-order valence-corrected chi connectivity index (χ4v) is 3.47. The van der Waals surface area contributed by atoms with Crippen molar-refractivity contribution in [2.24, 2.45) is 5.16 Å². The Morgan fingerprint density at radius 3 is 2.50 bits per heavy atom. The van der Waals surface area contributed by atoms with E-state index in [1.54, 1.807) is 6.07 Å². The van der Waals surface area contributed by atoms with Gasteiger partial charge in [0.15, 0.2) is 0 Å². The van der Waals surface area contributed by atoms with E-state index in [1.165, 1.54) is 11.0 Å². The van der Waals surface area contributed by atoms with E-state index in [2.05, 4.69) is 5.16 Å². The van der Waals surface area contributed by atoms with Crippen LogP contribution in [0.25, 0.3) is 0 Å². The van der Waals surface area contributed by atoms with Crippen LogP contribution in [0.1, 0.15) is 50.2 Å². The number of alkyl halides is 5. The highest BCUT2D eigenvalue weighted by atomic mass is 19.4. The van der Waals surface area contributed by atoms with Gasteiger partial charge in [0.1, 0.15) is 5.60 Å². The van der Waals surface area contributed by atoms with Crippen molar-refractivity contribution in [2.45, 2.75) is 56.7 Å². The average molecular weight is 404 g/mol. The lowest BCUT2D eigenvalue weighted by molar-refractivity contribution is -0.139. The van der Waals surface area contributed by atoms with Gasteiger partial charge in [-0.1, -0.05) is 17.3 Å². The molecule has 2 heterocycles. The molecule has 28 heavy (non-hydrogen) atoms. The first-order valence-electron chi connectivity index (χ1n) is 9.06. The minimum absolute atomic E-state index is 0.219. The number of amides is 1. The number of hydrogen-bond donors (Lipinski definition) is 0. The maximum atomic E-state index is 12.9. The highest BCUT2D eigenvalue weighted by Crippen LogP contribution is 2.37. The standard InChI is InChI=1S/C19H21F5N2O2/c1-17(20,21)6-5-16(27)26-9-7-18(8-10-26)12-15(25-28-18)13-3-2-4-14(11-13)19(22,23)24/h2-4,11H,5-10,12H2,1H3. The summed E-state index contributed by atoms with van der Waals surface area (Å²) < 4.78 is 64.5. The third-order valence-electron chi connectivity index (χ3n) is 5.17. The molecule has 0 radical (unpaired) electrons. The van der Waals surface area contributed by atoms with Crippen molar-refractivity contribution < 1.29 is 31.6 Å². The van der Waals surface area contributed by atoms with E-state index in [9.17, 15) is 26.7 Å². The van der Waals surface area contributed by atoms with Gasteiger partial charge in [-0.15, -0.1) is 0 Å². The molecule has 1 aromatic rings. The zero-order chi connectivity index (χ0) is 20.6. The van der Waals surface area contributed by atoms with Gasteiger partial charge in [0.05, 0.1) is 11.3 Å². The number of likely N-dealkylation sites (tertiary alicyclic amines) is 1. The molecule has 0 bridgehead atoms. The van der Waals surface area contributed by atoms with E-state index >= 15 is 0 Å². The molecule has 1 amide bonds. The number of rotatable bonds is 4. The van der Waals surface area contributed by atoms with Crippen LogP contribution in [-0.2, 0) is 15.8 Å². The molecular formula is C19H21F5N2O2. The van der Waals surface area contributed by atoms with Crippen LogP contribution < -0.4 is 0 Å². The molecule has 1 fully saturated rings. The molecule has 1 aromatic carbocycles. The lowest BCUT2D eigenvalue weighted by Crippen LogP contribution is -2.47. The Bertz CT molecular complexity index is 762. The summed E-state index contributed by atoms with van der Waals surface area (Å²) in [4.78, 5) is 19.2. The van der Waals surface area contributed by atoms with E-state index in [1.807, 2.05) is 0 Å². The Labute approximate surface area is 159 Å². The fourth-order valence-electron chi connectivity index (χ4n) is 3.47. The Morgan fingerprint density at radius 1 is 1.21 bits per heavy atom. The number of oxime groups is 1. The summed E-state index contributed by atoms with van der Waals surface area (Å²) in [5, 5.41) is 3.99. The lowest BCUT2D eigenvalue weighted by atomic mass is 9.85. The van der Waals surface area contributed by atoms with Crippen molar-refractivity contribution in [1.29, 1.82) is 0 Å². The van der Waals surface area contributed by atoms with Gasteiger partial charge >= 0.3 is 6.18 Å². The van der Waals surface area contributed by atoms with Crippen molar-refractivity contribution in [3.63, 3.8) is 0 Å². The molecule has 0 aliphatic carbocycles. The first-order valence-corrected chi connectivity index (χ1v) is 9.06. The number of carbonyl (C=O) groups is 1. The molecule has 4 nitrogen and oxygen atoms in total. The second kappa shape index (κ2) is 7.33. The third kappa shape index (κ3) is 4.80. The molecule has 2 aliphatic rings. The van der Waals surface area contributed by atoms with Gasteiger partial charge < -0.3 is 9.74 Å². The zero-order valence-corrected chi connectivity index (χ0v) is 15.4. The third-order valence-corrected chi connectivity index (χ3v) is 5.17. The van der Waals surface area contributed by atoms with Crippen LogP contribution >= 0.6 is 0 Å². The summed E-state index contributed by atoms with van der Waals surface area (Å²) in [5.41, 5.74) is -0.608. The largest absolute Gasteiger partial charge is 0.416 e. The van der Waals surface area contributed by atoms with Gasteiger partial charge in [-0.05, 0) is 19.1 Å². The van der Waals surface area contributed by atoms with E-state index < -0.39 is 29.7 Å². The SMILES string of the molecule is CC(F)(F)CCC(=O)N1CCC2(CC1)CC(c1cccc(C(F)(F)F)c1)=NO2. The Balaban J connectivity index is 1.58.